The fourth-order valence-electron chi connectivity index (χ4n) is 2.23. The molecule has 132 valence electrons. The minimum absolute atomic E-state index is 0.000792. The van der Waals surface area contributed by atoms with Crippen molar-refractivity contribution in [2.45, 2.75) is 25.4 Å². The number of hydrogen-bond acceptors (Lipinski definition) is 4. The van der Waals surface area contributed by atoms with Gasteiger partial charge in [0.15, 0.2) is 9.84 Å². The first-order chi connectivity index (χ1) is 11.2. The molecule has 1 aromatic rings. The number of urea groups is 1. The Morgan fingerprint density at radius 1 is 1.38 bits per heavy atom. The maximum absolute atomic E-state index is 13.7. The molecule has 1 aromatic carbocycles. The predicted molar refractivity (Wildman–Crippen MR) is 90.9 cm³/mol. The Hall–Kier alpha value is -1.68. The van der Waals surface area contributed by atoms with Crippen LogP contribution in [-0.2, 0) is 14.6 Å². The third-order valence-corrected chi connectivity index (χ3v) is 5.76. The number of hydrogen-bond donors (Lipinski definition) is 3. The Morgan fingerprint density at radius 3 is 2.67 bits per heavy atom. The lowest BCUT2D eigenvalue weighted by molar-refractivity contribution is -0.117. The quantitative estimate of drug-likeness (QED) is 0.683. The van der Waals surface area contributed by atoms with Crippen molar-refractivity contribution in [2.24, 2.45) is 0 Å². The Balaban J connectivity index is 1.86. The lowest BCUT2D eigenvalue weighted by Gasteiger charge is -2.17. The van der Waals surface area contributed by atoms with E-state index >= 15 is 0 Å². The number of benzene rings is 1. The fraction of sp³-hybridized carbons (Fsp3) is 0.429. The molecule has 0 aliphatic carbocycles. The molecule has 0 bridgehead atoms. The maximum Gasteiger partial charge on any atom is 0.315 e. The topological polar surface area (TPSA) is 104 Å². The first-order valence-corrected chi connectivity index (χ1v) is 9.81. The van der Waals surface area contributed by atoms with E-state index in [2.05, 4.69) is 31.9 Å². The molecule has 0 aromatic heterocycles. The number of carbonyl (C=O) groups excluding carboxylic acids is 2. The van der Waals surface area contributed by atoms with E-state index in [0.717, 1.165) is 0 Å². The lowest BCUT2D eigenvalue weighted by Crippen LogP contribution is -2.49. The SMILES string of the molecule is C[C@H](NC(=O)NC1CCS(=O)(=O)C1)C(=O)Nc1ccc(Br)cc1F. The summed E-state index contributed by atoms with van der Waals surface area (Å²) in [6.07, 6.45) is 0.348. The van der Waals surface area contributed by atoms with Gasteiger partial charge >= 0.3 is 6.03 Å². The van der Waals surface area contributed by atoms with Gasteiger partial charge in [-0.15, -0.1) is 0 Å². The molecule has 1 aliphatic heterocycles. The Kier molecular flexibility index (Phi) is 5.81. The fourth-order valence-corrected chi connectivity index (χ4v) is 4.24. The summed E-state index contributed by atoms with van der Waals surface area (Å²) in [4.78, 5) is 23.8. The van der Waals surface area contributed by atoms with E-state index in [0.29, 0.717) is 10.9 Å². The second-order valence-electron chi connectivity index (χ2n) is 5.55. The van der Waals surface area contributed by atoms with Gasteiger partial charge in [0.1, 0.15) is 11.9 Å². The number of rotatable bonds is 4. The maximum atomic E-state index is 13.7. The van der Waals surface area contributed by atoms with Crippen LogP contribution >= 0.6 is 15.9 Å². The highest BCUT2D eigenvalue weighted by atomic mass is 79.9. The van der Waals surface area contributed by atoms with Gasteiger partial charge in [-0.1, -0.05) is 15.9 Å². The van der Waals surface area contributed by atoms with Gasteiger partial charge in [0.2, 0.25) is 5.91 Å². The van der Waals surface area contributed by atoms with Crippen molar-refractivity contribution in [1.29, 1.82) is 0 Å². The van der Waals surface area contributed by atoms with Gasteiger partial charge in [-0.25, -0.2) is 17.6 Å². The smallest absolute Gasteiger partial charge is 0.315 e. The van der Waals surface area contributed by atoms with E-state index in [-0.39, 0.29) is 17.2 Å². The number of anilines is 1. The van der Waals surface area contributed by atoms with Crippen molar-refractivity contribution in [1.82, 2.24) is 10.6 Å². The molecule has 3 N–H and O–H groups in total. The second-order valence-corrected chi connectivity index (χ2v) is 8.70. The Bertz CT molecular complexity index is 756. The first-order valence-electron chi connectivity index (χ1n) is 7.19. The van der Waals surface area contributed by atoms with Gasteiger partial charge in [-0.3, -0.25) is 4.79 Å². The van der Waals surface area contributed by atoms with Crippen LogP contribution in [0.1, 0.15) is 13.3 Å². The van der Waals surface area contributed by atoms with E-state index in [1.165, 1.54) is 19.1 Å². The largest absolute Gasteiger partial charge is 0.334 e. The molecule has 3 amide bonds. The standard InChI is InChI=1S/C14H17BrFN3O4S/c1-8(13(20)19-12-3-2-9(15)6-11(12)16)17-14(21)18-10-4-5-24(22,23)7-10/h2-3,6,8,10H,4-5,7H2,1H3,(H,19,20)(H2,17,18,21)/t8-,10?/m0/s1. The van der Waals surface area contributed by atoms with Crippen LogP contribution in [0.25, 0.3) is 0 Å². The normalized spacial score (nSPS) is 20.2. The lowest BCUT2D eigenvalue weighted by atomic mass is 10.2. The van der Waals surface area contributed by atoms with Crippen molar-refractivity contribution in [3.8, 4) is 0 Å². The van der Waals surface area contributed by atoms with Crippen LogP contribution in [0.2, 0.25) is 0 Å². The van der Waals surface area contributed by atoms with Crippen LogP contribution in [0.5, 0.6) is 0 Å². The molecule has 0 radical (unpaired) electrons. The summed E-state index contributed by atoms with van der Waals surface area (Å²) in [5, 5.41) is 7.29. The molecule has 0 spiro atoms. The highest BCUT2D eigenvalue weighted by molar-refractivity contribution is 9.10. The highest BCUT2D eigenvalue weighted by Crippen LogP contribution is 2.19. The monoisotopic (exact) mass is 421 g/mol. The first kappa shape index (κ1) is 18.7. The molecule has 1 unspecified atom stereocenters. The Morgan fingerprint density at radius 2 is 2.08 bits per heavy atom. The number of sulfone groups is 1. The molecule has 2 rings (SSSR count). The average molecular weight is 422 g/mol. The van der Waals surface area contributed by atoms with Crippen LogP contribution in [0, 0.1) is 5.82 Å². The summed E-state index contributed by atoms with van der Waals surface area (Å²) in [7, 11) is -3.10. The van der Waals surface area contributed by atoms with Crippen molar-refractivity contribution in [3.05, 3.63) is 28.5 Å². The van der Waals surface area contributed by atoms with Crippen molar-refractivity contribution < 1.29 is 22.4 Å². The molecule has 1 aliphatic rings. The molecule has 2 atom stereocenters. The molecule has 10 heteroatoms. The average Bonchev–Trinajstić information content (AvgIpc) is 2.80. The molecule has 1 heterocycles. The number of carbonyl (C=O) groups is 2. The number of halogens is 2. The molecule has 1 fully saturated rings. The van der Waals surface area contributed by atoms with Gasteiger partial charge in [-0.2, -0.15) is 0 Å². The zero-order valence-electron chi connectivity index (χ0n) is 12.8. The summed E-state index contributed by atoms with van der Waals surface area (Å²) in [6.45, 7) is 1.44. The van der Waals surface area contributed by atoms with E-state index < -0.39 is 39.7 Å². The third-order valence-electron chi connectivity index (χ3n) is 3.50. The predicted octanol–water partition coefficient (Wildman–Crippen LogP) is 1.40. The minimum atomic E-state index is -3.10. The molecular weight excluding hydrogens is 405 g/mol. The number of amides is 3. The van der Waals surface area contributed by atoms with E-state index in [9.17, 15) is 22.4 Å². The van der Waals surface area contributed by atoms with E-state index in [4.69, 9.17) is 0 Å². The Labute approximate surface area is 147 Å². The van der Waals surface area contributed by atoms with Crippen molar-refractivity contribution in [3.63, 3.8) is 0 Å². The number of nitrogens with one attached hydrogen (secondary N) is 3. The van der Waals surface area contributed by atoms with Gasteiger partial charge in [0.05, 0.1) is 17.2 Å². The van der Waals surface area contributed by atoms with Crippen LogP contribution in [0.4, 0.5) is 14.9 Å². The van der Waals surface area contributed by atoms with Gasteiger partial charge in [0, 0.05) is 10.5 Å². The second kappa shape index (κ2) is 7.47. The minimum Gasteiger partial charge on any atom is -0.334 e. The summed E-state index contributed by atoms with van der Waals surface area (Å²) >= 11 is 3.11. The summed E-state index contributed by atoms with van der Waals surface area (Å²) in [6, 6.07) is 2.15. The van der Waals surface area contributed by atoms with E-state index in [1.54, 1.807) is 6.07 Å². The van der Waals surface area contributed by atoms with Crippen LogP contribution in [0.3, 0.4) is 0 Å². The summed E-state index contributed by atoms with van der Waals surface area (Å²) < 4.78 is 36.9. The van der Waals surface area contributed by atoms with Crippen molar-refractivity contribution in [2.75, 3.05) is 16.8 Å². The zero-order chi connectivity index (χ0) is 17.9. The third kappa shape index (κ3) is 5.17. The molecule has 0 saturated carbocycles. The highest BCUT2D eigenvalue weighted by Gasteiger charge is 2.29. The summed E-state index contributed by atoms with van der Waals surface area (Å²) in [5.41, 5.74) is -0.000792. The molecule has 24 heavy (non-hydrogen) atoms. The molecular formula is C14H17BrFN3O4S. The van der Waals surface area contributed by atoms with Crippen LogP contribution in [-0.4, -0.2) is 43.9 Å². The van der Waals surface area contributed by atoms with E-state index in [1.807, 2.05) is 0 Å². The van der Waals surface area contributed by atoms with Gasteiger partial charge < -0.3 is 16.0 Å². The molecule has 1 saturated heterocycles. The zero-order valence-corrected chi connectivity index (χ0v) is 15.2. The van der Waals surface area contributed by atoms with Crippen LogP contribution < -0.4 is 16.0 Å². The summed E-state index contributed by atoms with van der Waals surface area (Å²) in [5.74, 6) is -1.27. The van der Waals surface area contributed by atoms with Crippen LogP contribution in [0.15, 0.2) is 22.7 Å². The van der Waals surface area contributed by atoms with Gasteiger partial charge in [0.25, 0.3) is 0 Å². The van der Waals surface area contributed by atoms with Crippen molar-refractivity contribution >= 4 is 43.4 Å². The van der Waals surface area contributed by atoms with Gasteiger partial charge in [-0.05, 0) is 31.5 Å². The molecule has 7 nitrogen and oxygen atoms in total.